The largest absolute Gasteiger partial charge is 0.360 e. The molecule has 5 heteroatoms. The number of amides is 2. The van der Waals surface area contributed by atoms with Crippen LogP contribution in [-0.2, 0) is 14.3 Å². The van der Waals surface area contributed by atoms with Gasteiger partial charge in [-0.1, -0.05) is 19.1 Å². The highest BCUT2D eigenvalue weighted by Gasteiger charge is 2.59. The van der Waals surface area contributed by atoms with Crippen molar-refractivity contribution in [2.24, 2.45) is 23.7 Å². The number of hydrogen-bond donors (Lipinski definition) is 1. The normalized spacial score (nSPS) is 33.1. The third-order valence-corrected chi connectivity index (χ3v) is 5.31. The summed E-state index contributed by atoms with van der Waals surface area (Å²) in [5.41, 5.74) is -0.350. The van der Waals surface area contributed by atoms with Crippen molar-refractivity contribution in [3.05, 3.63) is 12.2 Å². The summed E-state index contributed by atoms with van der Waals surface area (Å²) < 4.78 is 5.78. The fraction of sp³-hybridized carbons (Fsp3) is 0.765. The fourth-order valence-electron chi connectivity index (χ4n) is 3.99. The SMILES string of the molecule is CCNCOC(C)(C)CCN1C(=O)C2C3C=CC(C3)C2C1=O. The van der Waals surface area contributed by atoms with Crippen molar-refractivity contribution in [3.63, 3.8) is 0 Å². The molecular formula is C17H26N2O3. The number of fused-ring (bicyclic) bond motifs is 5. The molecule has 1 N–H and O–H groups in total. The van der Waals surface area contributed by atoms with Gasteiger partial charge in [0.2, 0.25) is 11.8 Å². The number of hydrogen-bond acceptors (Lipinski definition) is 4. The Labute approximate surface area is 132 Å². The van der Waals surface area contributed by atoms with Crippen LogP contribution in [0.5, 0.6) is 0 Å². The molecule has 0 aromatic rings. The van der Waals surface area contributed by atoms with Gasteiger partial charge >= 0.3 is 0 Å². The van der Waals surface area contributed by atoms with E-state index in [0.29, 0.717) is 19.7 Å². The van der Waals surface area contributed by atoms with E-state index in [2.05, 4.69) is 17.5 Å². The monoisotopic (exact) mass is 306 g/mol. The first-order valence-corrected chi connectivity index (χ1v) is 8.33. The fourth-order valence-corrected chi connectivity index (χ4v) is 3.99. The summed E-state index contributed by atoms with van der Waals surface area (Å²) in [6.45, 7) is 7.84. The maximum atomic E-state index is 12.6. The van der Waals surface area contributed by atoms with Gasteiger partial charge in [0.05, 0.1) is 24.2 Å². The summed E-state index contributed by atoms with van der Waals surface area (Å²) in [5, 5.41) is 3.12. The van der Waals surface area contributed by atoms with Crippen LogP contribution in [0.2, 0.25) is 0 Å². The van der Waals surface area contributed by atoms with Gasteiger partial charge in [-0.15, -0.1) is 0 Å². The Morgan fingerprint density at radius 1 is 1.23 bits per heavy atom. The smallest absolute Gasteiger partial charge is 0.233 e. The Bertz CT molecular complexity index is 470. The van der Waals surface area contributed by atoms with Crippen LogP contribution in [-0.4, -0.2) is 42.1 Å². The molecule has 0 aromatic carbocycles. The molecule has 5 nitrogen and oxygen atoms in total. The number of nitrogens with one attached hydrogen (secondary N) is 1. The van der Waals surface area contributed by atoms with Crippen LogP contribution >= 0.6 is 0 Å². The quantitative estimate of drug-likeness (QED) is 0.335. The zero-order valence-corrected chi connectivity index (χ0v) is 13.7. The second-order valence-corrected chi connectivity index (χ2v) is 7.23. The molecule has 1 aliphatic heterocycles. The van der Waals surface area contributed by atoms with Crippen molar-refractivity contribution in [3.8, 4) is 0 Å². The summed E-state index contributed by atoms with van der Waals surface area (Å²) in [6.07, 6.45) is 5.91. The first kappa shape index (κ1) is 15.7. The highest BCUT2D eigenvalue weighted by Crippen LogP contribution is 2.52. The van der Waals surface area contributed by atoms with Crippen molar-refractivity contribution in [1.82, 2.24) is 10.2 Å². The average Bonchev–Trinajstić information content (AvgIpc) is 3.12. The van der Waals surface area contributed by atoms with E-state index >= 15 is 0 Å². The van der Waals surface area contributed by atoms with Crippen molar-refractivity contribution < 1.29 is 14.3 Å². The lowest BCUT2D eigenvalue weighted by Crippen LogP contribution is -2.39. The second kappa shape index (κ2) is 5.78. The van der Waals surface area contributed by atoms with Crippen LogP contribution in [0.3, 0.4) is 0 Å². The molecule has 4 atom stereocenters. The molecule has 0 radical (unpaired) electrons. The molecule has 1 saturated heterocycles. The number of rotatable bonds is 7. The summed E-state index contributed by atoms with van der Waals surface area (Å²) in [5.74, 6) is 0.467. The molecule has 2 fully saturated rings. The van der Waals surface area contributed by atoms with E-state index in [1.807, 2.05) is 20.8 Å². The lowest BCUT2D eigenvalue weighted by molar-refractivity contribution is -0.141. The molecule has 3 aliphatic rings. The van der Waals surface area contributed by atoms with E-state index < -0.39 is 0 Å². The standard InChI is InChI=1S/C17H26N2O3/c1-4-18-10-22-17(2,3)7-8-19-15(20)13-11-5-6-12(9-11)14(13)16(19)21/h5-6,11-14,18H,4,7-10H2,1-3H3. The lowest BCUT2D eigenvalue weighted by Gasteiger charge is -2.28. The van der Waals surface area contributed by atoms with Crippen molar-refractivity contribution in [1.29, 1.82) is 0 Å². The number of nitrogens with zero attached hydrogens (tertiary/aromatic N) is 1. The van der Waals surface area contributed by atoms with Crippen LogP contribution in [0.15, 0.2) is 12.2 Å². The summed E-state index contributed by atoms with van der Waals surface area (Å²) in [6, 6.07) is 0. The van der Waals surface area contributed by atoms with E-state index in [-0.39, 0.29) is 41.1 Å². The zero-order chi connectivity index (χ0) is 15.9. The zero-order valence-electron chi connectivity index (χ0n) is 13.7. The van der Waals surface area contributed by atoms with Gasteiger partial charge < -0.3 is 4.74 Å². The highest BCUT2D eigenvalue weighted by atomic mass is 16.5. The van der Waals surface area contributed by atoms with Gasteiger partial charge in [-0.25, -0.2) is 0 Å². The maximum absolute atomic E-state index is 12.6. The number of imide groups is 1. The Morgan fingerprint density at radius 2 is 1.82 bits per heavy atom. The Hall–Kier alpha value is -1.20. The number of ether oxygens (including phenoxy) is 1. The molecule has 1 saturated carbocycles. The second-order valence-electron chi connectivity index (χ2n) is 7.23. The highest BCUT2D eigenvalue weighted by molar-refractivity contribution is 6.06. The van der Waals surface area contributed by atoms with Crippen LogP contribution in [0.4, 0.5) is 0 Å². The Kier molecular flexibility index (Phi) is 4.12. The molecule has 3 rings (SSSR count). The van der Waals surface area contributed by atoms with Crippen LogP contribution in [0.25, 0.3) is 0 Å². The van der Waals surface area contributed by atoms with Crippen molar-refractivity contribution in [2.45, 2.75) is 39.2 Å². The Balaban J connectivity index is 1.58. The molecule has 0 spiro atoms. The van der Waals surface area contributed by atoms with Gasteiger partial charge in [0.1, 0.15) is 0 Å². The summed E-state index contributed by atoms with van der Waals surface area (Å²) in [4.78, 5) is 26.7. The van der Waals surface area contributed by atoms with Gasteiger partial charge in [0.15, 0.2) is 0 Å². The molecule has 22 heavy (non-hydrogen) atoms. The van der Waals surface area contributed by atoms with E-state index in [1.165, 1.54) is 4.90 Å². The van der Waals surface area contributed by atoms with E-state index in [0.717, 1.165) is 13.0 Å². The van der Waals surface area contributed by atoms with Crippen molar-refractivity contribution in [2.75, 3.05) is 19.8 Å². The topological polar surface area (TPSA) is 58.6 Å². The summed E-state index contributed by atoms with van der Waals surface area (Å²) in [7, 11) is 0. The third-order valence-electron chi connectivity index (χ3n) is 5.31. The number of allylic oxidation sites excluding steroid dienone is 2. The lowest BCUT2D eigenvalue weighted by atomic mass is 9.85. The molecule has 122 valence electrons. The van der Waals surface area contributed by atoms with Gasteiger partial charge in [0, 0.05) is 6.54 Å². The van der Waals surface area contributed by atoms with Gasteiger partial charge in [-0.2, -0.15) is 0 Å². The average molecular weight is 306 g/mol. The van der Waals surface area contributed by atoms with E-state index in [4.69, 9.17) is 4.74 Å². The number of carbonyl (C=O) groups excluding carboxylic acids is 2. The Morgan fingerprint density at radius 3 is 2.36 bits per heavy atom. The van der Waals surface area contributed by atoms with Crippen LogP contribution < -0.4 is 5.32 Å². The van der Waals surface area contributed by atoms with E-state index in [9.17, 15) is 9.59 Å². The van der Waals surface area contributed by atoms with Crippen LogP contribution in [0, 0.1) is 23.7 Å². The number of likely N-dealkylation sites (tertiary alicyclic amines) is 1. The molecule has 2 aliphatic carbocycles. The van der Waals surface area contributed by atoms with Gasteiger partial charge in [-0.05, 0) is 45.1 Å². The predicted octanol–water partition coefficient (Wildman–Crippen LogP) is 1.55. The molecule has 2 amide bonds. The minimum Gasteiger partial charge on any atom is -0.360 e. The first-order valence-electron chi connectivity index (χ1n) is 8.33. The first-order chi connectivity index (χ1) is 10.4. The summed E-state index contributed by atoms with van der Waals surface area (Å²) >= 11 is 0. The maximum Gasteiger partial charge on any atom is 0.233 e. The van der Waals surface area contributed by atoms with E-state index in [1.54, 1.807) is 0 Å². The third kappa shape index (κ3) is 2.61. The molecule has 4 unspecified atom stereocenters. The predicted molar refractivity (Wildman–Crippen MR) is 82.8 cm³/mol. The van der Waals surface area contributed by atoms with Crippen LogP contribution in [0.1, 0.15) is 33.6 Å². The minimum absolute atomic E-state index is 0.0364. The molecular weight excluding hydrogens is 280 g/mol. The van der Waals surface area contributed by atoms with Gasteiger partial charge in [0.25, 0.3) is 0 Å². The number of carbonyl (C=O) groups is 2. The van der Waals surface area contributed by atoms with Gasteiger partial charge in [-0.3, -0.25) is 19.8 Å². The molecule has 1 heterocycles. The molecule has 0 aromatic heterocycles. The minimum atomic E-state index is -0.350. The molecule has 2 bridgehead atoms. The van der Waals surface area contributed by atoms with Crippen molar-refractivity contribution >= 4 is 11.8 Å².